The van der Waals surface area contributed by atoms with E-state index in [0.717, 1.165) is 12.8 Å². The van der Waals surface area contributed by atoms with Crippen LogP contribution in [0.3, 0.4) is 0 Å². The van der Waals surface area contributed by atoms with E-state index in [0.29, 0.717) is 6.61 Å². The topological polar surface area (TPSA) is 92.5 Å². The number of rotatable bonds is 21. The minimum Gasteiger partial charge on any atom is -0.548 e. The average Bonchev–Trinajstić information content (AvgIpc) is 2.68. The van der Waals surface area contributed by atoms with Gasteiger partial charge in [-0.3, -0.25) is 4.79 Å². The van der Waals surface area contributed by atoms with Crippen molar-refractivity contribution in [2.45, 2.75) is 129 Å². The van der Waals surface area contributed by atoms with Crippen LogP contribution in [0.2, 0.25) is 0 Å². The number of nitrogens with two attached hydrogens (primary N) is 1. The molecule has 2 N–H and O–H groups in total. The maximum Gasteiger partial charge on any atom is 1.00 e. The van der Waals surface area contributed by atoms with E-state index in [4.69, 9.17) is 10.5 Å². The molecular weight excluding hydrogens is 462 g/mol. The van der Waals surface area contributed by atoms with Gasteiger partial charge in [0.25, 0.3) is 0 Å². The number of carboxylic acid groups (broad SMARTS) is 1. The van der Waals surface area contributed by atoms with E-state index >= 15 is 0 Å². The third-order valence-corrected chi connectivity index (χ3v) is 5.22. The molecule has 0 amide bonds. The van der Waals surface area contributed by atoms with Crippen molar-refractivity contribution in [3.05, 3.63) is 0 Å². The molecule has 176 valence electrons. The van der Waals surface area contributed by atoms with Crippen LogP contribution in [-0.2, 0) is 36.7 Å². The molecule has 0 saturated carbocycles. The third kappa shape index (κ3) is 23.8. The number of esters is 1. The van der Waals surface area contributed by atoms with Crippen LogP contribution in [0.5, 0.6) is 0 Å². The second-order valence-corrected chi connectivity index (χ2v) is 7.99. The molecule has 0 aromatic carbocycles. The van der Waals surface area contributed by atoms with Gasteiger partial charge in [-0.1, -0.05) is 103 Å². The Morgan fingerprint density at radius 2 is 1.14 bits per heavy atom. The van der Waals surface area contributed by atoms with Crippen LogP contribution in [0, 0.1) is 0 Å². The van der Waals surface area contributed by atoms with Gasteiger partial charge in [-0.05, 0) is 12.8 Å². The number of ether oxygens (including phenoxy) is 1. The number of hydrogen-bond donors (Lipinski definition) is 1. The smallest absolute Gasteiger partial charge is 0.548 e. The molecule has 0 spiro atoms. The summed E-state index contributed by atoms with van der Waals surface area (Å²) in [6.45, 7) is 2.68. The fourth-order valence-electron chi connectivity index (χ4n) is 3.30. The molecule has 29 heavy (non-hydrogen) atoms. The van der Waals surface area contributed by atoms with Crippen molar-refractivity contribution in [2.75, 3.05) is 6.61 Å². The maximum absolute atomic E-state index is 11.4. The third-order valence-electron chi connectivity index (χ3n) is 5.22. The summed E-state index contributed by atoms with van der Waals surface area (Å²) < 4.78 is 5.08. The molecule has 0 saturated heterocycles. The normalized spacial score (nSPS) is 11.7. The number of carboxylic acids is 1. The minimum absolute atomic E-state index is 0. The summed E-state index contributed by atoms with van der Waals surface area (Å²) in [5.74, 6) is -1.71. The molecule has 0 aliphatic rings. The first-order chi connectivity index (χ1) is 13.6. The zero-order valence-corrected chi connectivity index (χ0v) is 20.0. The van der Waals surface area contributed by atoms with Gasteiger partial charge in [-0.2, -0.15) is 0 Å². The standard InChI is InChI=1S/C23H45NO4.Ag/c1-2-3-4-5-6-7-8-9-10-11-12-13-14-15-16-17-20-28-22(25)19-18-21(24)23(26)27;/h21H,2-20,24H2,1H3,(H,26,27);/q;+1/p-1/t21-;/m0./s1. The molecule has 0 aromatic heterocycles. The predicted octanol–water partition coefficient (Wildman–Crippen LogP) is 4.65. The Bertz CT molecular complexity index is 380. The quantitative estimate of drug-likeness (QED) is 0.139. The van der Waals surface area contributed by atoms with Gasteiger partial charge in [0.2, 0.25) is 0 Å². The molecule has 0 rings (SSSR count). The number of unbranched alkanes of at least 4 members (excludes halogenated alkanes) is 15. The van der Waals surface area contributed by atoms with Gasteiger partial charge >= 0.3 is 28.3 Å². The van der Waals surface area contributed by atoms with Crippen LogP contribution < -0.4 is 10.8 Å². The van der Waals surface area contributed by atoms with Crippen LogP contribution >= 0.6 is 0 Å². The van der Waals surface area contributed by atoms with Crippen molar-refractivity contribution in [3.8, 4) is 0 Å². The number of carbonyl (C=O) groups is 2. The van der Waals surface area contributed by atoms with Gasteiger partial charge in [-0.25, -0.2) is 0 Å². The van der Waals surface area contributed by atoms with Crippen LogP contribution in [0.4, 0.5) is 0 Å². The van der Waals surface area contributed by atoms with Crippen LogP contribution in [0.25, 0.3) is 0 Å². The number of carbonyl (C=O) groups excluding carboxylic acids is 2. The fourth-order valence-corrected chi connectivity index (χ4v) is 3.30. The molecule has 6 heteroatoms. The SMILES string of the molecule is CCCCCCCCCCCCCCCCCCOC(=O)CC[C@H](N)C(=O)[O-].[Ag+]. The molecule has 5 nitrogen and oxygen atoms in total. The van der Waals surface area contributed by atoms with E-state index in [1.807, 2.05) is 0 Å². The largest absolute Gasteiger partial charge is 1.00 e. The fraction of sp³-hybridized carbons (Fsp3) is 0.913. The second kappa shape index (κ2) is 23.9. The van der Waals surface area contributed by atoms with Gasteiger partial charge in [0.15, 0.2) is 0 Å². The Kier molecular flexibility index (Phi) is 25.4. The molecule has 0 heterocycles. The van der Waals surface area contributed by atoms with Crippen molar-refractivity contribution >= 4 is 11.9 Å². The first-order valence-electron chi connectivity index (χ1n) is 11.7. The molecular formula is C23H44AgNO4. The second-order valence-electron chi connectivity index (χ2n) is 7.99. The van der Waals surface area contributed by atoms with E-state index in [9.17, 15) is 14.7 Å². The van der Waals surface area contributed by atoms with E-state index in [2.05, 4.69) is 6.92 Å². The summed E-state index contributed by atoms with van der Waals surface area (Å²) >= 11 is 0. The molecule has 0 aliphatic carbocycles. The molecule has 1 atom stereocenters. The van der Waals surface area contributed by atoms with Gasteiger partial charge < -0.3 is 20.4 Å². The summed E-state index contributed by atoms with van der Waals surface area (Å²) in [5.41, 5.74) is 5.29. The monoisotopic (exact) mass is 505 g/mol. The zero-order valence-electron chi connectivity index (χ0n) is 18.5. The Labute approximate surface area is 194 Å². The minimum atomic E-state index is -1.33. The van der Waals surface area contributed by atoms with Crippen LogP contribution in [0.15, 0.2) is 0 Å². The molecule has 0 bridgehead atoms. The van der Waals surface area contributed by atoms with Gasteiger partial charge in [0, 0.05) is 12.5 Å². The van der Waals surface area contributed by atoms with Crippen LogP contribution in [-0.4, -0.2) is 24.6 Å². The summed E-state index contributed by atoms with van der Waals surface area (Å²) in [5, 5.41) is 10.4. The summed E-state index contributed by atoms with van der Waals surface area (Å²) in [6.07, 6.45) is 21.1. The Morgan fingerprint density at radius 1 is 0.759 bits per heavy atom. The number of hydrogen-bond acceptors (Lipinski definition) is 5. The summed E-state index contributed by atoms with van der Waals surface area (Å²) in [4.78, 5) is 21.9. The predicted molar refractivity (Wildman–Crippen MR) is 113 cm³/mol. The van der Waals surface area contributed by atoms with Crippen LogP contribution in [0.1, 0.15) is 122 Å². The van der Waals surface area contributed by atoms with Gasteiger partial charge in [-0.15, -0.1) is 0 Å². The van der Waals surface area contributed by atoms with Gasteiger partial charge in [0.05, 0.1) is 12.6 Å². The Morgan fingerprint density at radius 3 is 1.52 bits per heavy atom. The molecule has 0 unspecified atom stereocenters. The van der Waals surface area contributed by atoms with Crippen molar-refractivity contribution in [1.82, 2.24) is 0 Å². The Hall–Kier alpha value is -0.360. The molecule has 0 radical (unpaired) electrons. The average molecular weight is 506 g/mol. The van der Waals surface area contributed by atoms with Crippen molar-refractivity contribution in [3.63, 3.8) is 0 Å². The number of aliphatic carboxylic acids is 1. The first kappa shape index (κ1) is 30.8. The van der Waals surface area contributed by atoms with E-state index < -0.39 is 12.0 Å². The Balaban J connectivity index is 0. The zero-order chi connectivity index (χ0) is 20.9. The maximum atomic E-state index is 11.4. The van der Waals surface area contributed by atoms with E-state index in [1.54, 1.807) is 0 Å². The van der Waals surface area contributed by atoms with E-state index in [1.165, 1.54) is 89.9 Å². The van der Waals surface area contributed by atoms with Gasteiger partial charge in [0.1, 0.15) is 0 Å². The van der Waals surface area contributed by atoms with Crippen molar-refractivity contribution < 1.29 is 41.8 Å². The molecule has 0 aromatic rings. The molecule has 0 fully saturated rings. The first-order valence-corrected chi connectivity index (χ1v) is 11.7. The van der Waals surface area contributed by atoms with Crippen molar-refractivity contribution in [1.29, 1.82) is 0 Å². The summed E-state index contributed by atoms with van der Waals surface area (Å²) in [6, 6.07) is -1.09. The summed E-state index contributed by atoms with van der Waals surface area (Å²) in [7, 11) is 0. The van der Waals surface area contributed by atoms with Crippen molar-refractivity contribution in [2.24, 2.45) is 5.73 Å². The molecule has 0 aliphatic heterocycles. The van der Waals surface area contributed by atoms with E-state index in [-0.39, 0.29) is 41.2 Å².